The molecule has 0 spiro atoms. The van der Waals surface area contributed by atoms with E-state index in [1.54, 1.807) is 21.1 Å². The number of tetrazole rings is 1. The Labute approximate surface area is 122 Å². The van der Waals surface area contributed by atoms with Gasteiger partial charge in [-0.15, -0.1) is 10.2 Å². The number of nitrogens with one attached hydrogen (secondary N) is 1. The third kappa shape index (κ3) is 4.57. The molecule has 0 saturated heterocycles. The van der Waals surface area contributed by atoms with Crippen molar-refractivity contribution >= 4 is 11.8 Å². The summed E-state index contributed by atoms with van der Waals surface area (Å²) in [4.78, 5) is 0. The van der Waals surface area contributed by atoms with Gasteiger partial charge in [0, 0.05) is 31.1 Å². The number of hydrogen-bond acceptors (Lipinski definition) is 7. The maximum Gasteiger partial charge on any atom is 0.209 e. The number of aromatic nitrogens is 7. The Morgan fingerprint density at radius 2 is 2.05 bits per heavy atom. The molecule has 0 fully saturated rings. The lowest BCUT2D eigenvalue weighted by molar-refractivity contribution is 0.396. The van der Waals surface area contributed by atoms with Crippen molar-refractivity contribution in [3.63, 3.8) is 0 Å². The highest BCUT2D eigenvalue weighted by atomic mass is 32.2. The third-order valence-corrected chi connectivity index (χ3v) is 3.47. The minimum atomic E-state index is 0.0982. The molecule has 9 heteroatoms. The van der Waals surface area contributed by atoms with E-state index >= 15 is 0 Å². The first kappa shape index (κ1) is 14.9. The average Bonchev–Trinajstić information content (AvgIpc) is 2.94. The molecule has 0 amide bonds. The van der Waals surface area contributed by atoms with E-state index in [1.165, 1.54) is 0 Å². The fourth-order valence-electron chi connectivity index (χ4n) is 1.58. The first-order valence-corrected chi connectivity index (χ1v) is 7.42. The van der Waals surface area contributed by atoms with E-state index in [0.29, 0.717) is 5.75 Å². The van der Waals surface area contributed by atoms with Gasteiger partial charge in [-0.2, -0.15) is 0 Å². The van der Waals surface area contributed by atoms with E-state index < -0.39 is 0 Å². The SMILES string of the molecule is Cn1cc(CSc2nnnn2CCNC(C)(C)C)nn1. The summed E-state index contributed by atoms with van der Waals surface area (Å²) in [6.07, 6.45) is 1.89. The largest absolute Gasteiger partial charge is 0.310 e. The standard InChI is InChI=1S/C11H20N8S/c1-11(2,3)12-5-6-19-10(14-15-17-19)20-8-9-7-18(4)16-13-9/h7,12H,5-6,8H2,1-4H3. The lowest BCUT2D eigenvalue weighted by Gasteiger charge is -2.20. The summed E-state index contributed by atoms with van der Waals surface area (Å²) in [7, 11) is 1.85. The van der Waals surface area contributed by atoms with Gasteiger partial charge in [0.1, 0.15) is 0 Å². The summed E-state index contributed by atoms with van der Waals surface area (Å²) in [5, 5.41) is 23.9. The lowest BCUT2D eigenvalue weighted by Crippen LogP contribution is -2.38. The molecule has 0 aliphatic heterocycles. The second-order valence-corrected chi connectivity index (χ2v) is 6.48. The summed E-state index contributed by atoms with van der Waals surface area (Å²) in [6, 6.07) is 0. The topological polar surface area (TPSA) is 86.3 Å². The van der Waals surface area contributed by atoms with Crippen molar-refractivity contribution in [3.05, 3.63) is 11.9 Å². The van der Waals surface area contributed by atoms with Crippen LogP contribution in [0.3, 0.4) is 0 Å². The zero-order chi connectivity index (χ0) is 14.6. The van der Waals surface area contributed by atoms with Gasteiger partial charge < -0.3 is 5.32 Å². The van der Waals surface area contributed by atoms with E-state index in [0.717, 1.165) is 23.9 Å². The number of hydrogen-bond donors (Lipinski definition) is 1. The van der Waals surface area contributed by atoms with Crippen LogP contribution in [0, 0.1) is 0 Å². The quantitative estimate of drug-likeness (QED) is 0.776. The van der Waals surface area contributed by atoms with Crippen molar-refractivity contribution in [3.8, 4) is 0 Å². The van der Waals surface area contributed by atoms with E-state index in [9.17, 15) is 0 Å². The molecule has 0 saturated carbocycles. The van der Waals surface area contributed by atoms with Crippen LogP contribution in [-0.4, -0.2) is 47.3 Å². The zero-order valence-corrected chi connectivity index (χ0v) is 13.1. The van der Waals surface area contributed by atoms with Crippen molar-refractivity contribution in [2.75, 3.05) is 6.54 Å². The maximum absolute atomic E-state index is 4.04. The van der Waals surface area contributed by atoms with E-state index in [2.05, 4.69) is 51.9 Å². The second kappa shape index (κ2) is 6.31. The molecular weight excluding hydrogens is 276 g/mol. The summed E-state index contributed by atoms with van der Waals surface area (Å²) in [6.45, 7) is 7.98. The van der Waals surface area contributed by atoms with Crippen LogP contribution in [-0.2, 0) is 19.3 Å². The molecule has 0 unspecified atom stereocenters. The molecule has 0 aliphatic rings. The van der Waals surface area contributed by atoms with Crippen LogP contribution in [0.5, 0.6) is 0 Å². The van der Waals surface area contributed by atoms with Gasteiger partial charge in [-0.25, -0.2) is 4.68 Å². The van der Waals surface area contributed by atoms with Gasteiger partial charge in [0.25, 0.3) is 0 Å². The Morgan fingerprint density at radius 3 is 2.70 bits per heavy atom. The third-order valence-electron chi connectivity index (χ3n) is 2.48. The molecule has 2 heterocycles. The van der Waals surface area contributed by atoms with Gasteiger partial charge >= 0.3 is 0 Å². The molecule has 2 aromatic heterocycles. The van der Waals surface area contributed by atoms with Crippen LogP contribution in [0.15, 0.2) is 11.4 Å². The number of rotatable bonds is 6. The molecule has 0 bridgehead atoms. The van der Waals surface area contributed by atoms with Gasteiger partial charge in [-0.3, -0.25) is 4.68 Å². The molecular formula is C11H20N8S. The molecule has 2 aromatic rings. The highest BCUT2D eigenvalue weighted by molar-refractivity contribution is 7.98. The van der Waals surface area contributed by atoms with E-state index in [1.807, 2.05) is 13.2 Å². The fraction of sp³-hybridized carbons (Fsp3) is 0.727. The Kier molecular flexibility index (Phi) is 4.71. The van der Waals surface area contributed by atoms with Crippen LogP contribution < -0.4 is 5.32 Å². The van der Waals surface area contributed by atoms with E-state index in [4.69, 9.17) is 0 Å². The van der Waals surface area contributed by atoms with Gasteiger partial charge in [0.15, 0.2) is 0 Å². The molecule has 1 N–H and O–H groups in total. The van der Waals surface area contributed by atoms with Crippen molar-refractivity contribution in [1.29, 1.82) is 0 Å². The maximum atomic E-state index is 4.04. The van der Waals surface area contributed by atoms with Crippen LogP contribution in [0.4, 0.5) is 0 Å². The van der Waals surface area contributed by atoms with Crippen LogP contribution in [0.25, 0.3) is 0 Å². The predicted octanol–water partition coefficient (Wildman–Crippen LogP) is 0.482. The van der Waals surface area contributed by atoms with E-state index in [-0.39, 0.29) is 5.54 Å². The number of thioether (sulfide) groups is 1. The summed E-state index contributed by atoms with van der Waals surface area (Å²) in [5.74, 6) is 0.709. The monoisotopic (exact) mass is 296 g/mol. The summed E-state index contributed by atoms with van der Waals surface area (Å²) < 4.78 is 3.49. The Hall–Kier alpha value is -1.48. The van der Waals surface area contributed by atoms with Gasteiger partial charge in [0.05, 0.1) is 12.2 Å². The van der Waals surface area contributed by atoms with Crippen LogP contribution >= 0.6 is 11.8 Å². The van der Waals surface area contributed by atoms with Gasteiger partial charge in [0.2, 0.25) is 5.16 Å². The van der Waals surface area contributed by atoms with Crippen molar-refractivity contribution in [2.24, 2.45) is 7.05 Å². The zero-order valence-electron chi connectivity index (χ0n) is 12.2. The summed E-state index contributed by atoms with van der Waals surface area (Å²) in [5.41, 5.74) is 1.01. The van der Waals surface area contributed by atoms with Crippen molar-refractivity contribution < 1.29 is 0 Å². The minimum absolute atomic E-state index is 0.0982. The Morgan fingerprint density at radius 1 is 1.25 bits per heavy atom. The predicted molar refractivity (Wildman–Crippen MR) is 76.1 cm³/mol. The number of aryl methyl sites for hydroxylation is 1. The molecule has 0 aromatic carbocycles. The highest BCUT2D eigenvalue weighted by Gasteiger charge is 2.11. The van der Waals surface area contributed by atoms with Gasteiger partial charge in [-0.05, 0) is 31.2 Å². The molecule has 8 nitrogen and oxygen atoms in total. The smallest absolute Gasteiger partial charge is 0.209 e. The molecule has 2 rings (SSSR count). The van der Waals surface area contributed by atoms with Crippen molar-refractivity contribution in [2.45, 2.75) is 43.8 Å². The normalized spacial score (nSPS) is 12.0. The lowest BCUT2D eigenvalue weighted by atomic mass is 10.1. The minimum Gasteiger partial charge on any atom is -0.310 e. The summed E-state index contributed by atoms with van der Waals surface area (Å²) >= 11 is 1.56. The Bertz CT molecular complexity index is 541. The molecule has 0 atom stereocenters. The van der Waals surface area contributed by atoms with Crippen LogP contribution in [0.2, 0.25) is 0 Å². The molecule has 0 radical (unpaired) electrons. The Balaban J connectivity index is 1.85. The molecule has 20 heavy (non-hydrogen) atoms. The molecule has 110 valence electrons. The second-order valence-electron chi connectivity index (χ2n) is 5.53. The number of nitrogens with zero attached hydrogens (tertiary/aromatic N) is 7. The van der Waals surface area contributed by atoms with Crippen molar-refractivity contribution in [1.82, 2.24) is 40.5 Å². The first-order chi connectivity index (χ1) is 9.44. The first-order valence-electron chi connectivity index (χ1n) is 6.43. The highest BCUT2D eigenvalue weighted by Crippen LogP contribution is 2.18. The molecule has 0 aliphatic carbocycles. The van der Waals surface area contributed by atoms with Crippen LogP contribution in [0.1, 0.15) is 26.5 Å². The van der Waals surface area contributed by atoms with Gasteiger partial charge in [-0.1, -0.05) is 17.0 Å². The average molecular weight is 296 g/mol. The fourth-order valence-corrected chi connectivity index (χ4v) is 2.36.